The predicted octanol–water partition coefficient (Wildman–Crippen LogP) is -0.210. The number of carbonyl (C=O) groups excluding carboxylic acids is 1. The number of nitrogens with two attached hydrogens (primary N) is 2. The van der Waals surface area contributed by atoms with E-state index < -0.39 is 12.0 Å². The Morgan fingerprint density at radius 2 is 2.33 bits per heavy atom. The zero-order valence-corrected chi connectivity index (χ0v) is 9.78. The summed E-state index contributed by atoms with van der Waals surface area (Å²) in [5.41, 5.74) is 10.9. The molecule has 1 saturated carbocycles. The van der Waals surface area contributed by atoms with Crippen LogP contribution in [0.3, 0.4) is 0 Å². The maximum absolute atomic E-state index is 11.1. The third kappa shape index (κ3) is 2.15. The van der Waals surface area contributed by atoms with Crippen LogP contribution in [0.25, 0.3) is 0 Å². The molecule has 18 heavy (non-hydrogen) atoms. The largest absolute Gasteiger partial charge is 0.393 e. The number of carbonyl (C=O) groups is 1. The fourth-order valence-corrected chi connectivity index (χ4v) is 2.35. The Morgan fingerprint density at radius 1 is 1.61 bits per heavy atom. The van der Waals surface area contributed by atoms with Gasteiger partial charge in [0, 0.05) is 6.20 Å². The van der Waals surface area contributed by atoms with Crippen LogP contribution in [0.2, 0.25) is 0 Å². The highest BCUT2D eigenvalue weighted by molar-refractivity contribution is 5.96. The minimum atomic E-state index is -0.636. The number of nitrogen functional groups attached to an aromatic ring is 1. The maximum Gasteiger partial charge on any atom is 0.254 e. The smallest absolute Gasteiger partial charge is 0.254 e. The molecule has 7 heteroatoms. The molecule has 1 aliphatic rings. The van der Waals surface area contributed by atoms with Crippen LogP contribution in [0.15, 0.2) is 6.20 Å². The molecular formula is C11H15N5O2. The van der Waals surface area contributed by atoms with E-state index in [0.717, 1.165) is 0 Å². The summed E-state index contributed by atoms with van der Waals surface area (Å²) in [5, 5.41) is 22.7. The molecule has 2 rings (SSSR count). The van der Waals surface area contributed by atoms with Crippen LogP contribution < -0.4 is 11.5 Å². The van der Waals surface area contributed by atoms with Crippen LogP contribution in [0.5, 0.6) is 0 Å². The monoisotopic (exact) mass is 249 g/mol. The minimum Gasteiger partial charge on any atom is -0.393 e. The summed E-state index contributed by atoms with van der Waals surface area (Å²) < 4.78 is 1.52. The molecule has 1 aliphatic carbocycles. The Balaban J connectivity index is 2.28. The highest BCUT2D eigenvalue weighted by atomic mass is 16.3. The van der Waals surface area contributed by atoms with E-state index in [1.165, 1.54) is 10.9 Å². The van der Waals surface area contributed by atoms with Crippen molar-refractivity contribution in [1.82, 2.24) is 9.78 Å². The normalized spacial score (nSPS) is 27.7. The molecule has 0 aliphatic heterocycles. The van der Waals surface area contributed by atoms with E-state index in [2.05, 4.69) is 11.2 Å². The first-order chi connectivity index (χ1) is 8.52. The third-order valence-corrected chi connectivity index (χ3v) is 3.32. The van der Waals surface area contributed by atoms with Crippen molar-refractivity contribution in [2.24, 2.45) is 11.7 Å². The van der Waals surface area contributed by atoms with Crippen molar-refractivity contribution in [3.8, 4) is 6.07 Å². The van der Waals surface area contributed by atoms with Crippen molar-refractivity contribution < 1.29 is 9.90 Å². The fraction of sp³-hybridized carbons (Fsp3) is 0.545. The van der Waals surface area contributed by atoms with Crippen LogP contribution in [0, 0.1) is 17.2 Å². The zero-order chi connectivity index (χ0) is 13.3. The Bertz CT molecular complexity index is 504. The van der Waals surface area contributed by atoms with E-state index in [-0.39, 0.29) is 23.3 Å². The summed E-state index contributed by atoms with van der Waals surface area (Å²) in [4.78, 5) is 11.1. The van der Waals surface area contributed by atoms with Gasteiger partial charge >= 0.3 is 0 Å². The van der Waals surface area contributed by atoms with Crippen LogP contribution in [-0.4, -0.2) is 26.9 Å². The number of nitrogens with zero attached hydrogens (tertiary/aromatic N) is 3. The SMILES string of the molecule is N#CC1CC(O)CC[C@@H]1n1cc(C(N)=O)c(N)n1. The molecule has 1 aromatic rings. The topological polar surface area (TPSA) is 131 Å². The van der Waals surface area contributed by atoms with Gasteiger partial charge < -0.3 is 16.6 Å². The van der Waals surface area contributed by atoms with E-state index in [9.17, 15) is 9.90 Å². The molecule has 1 amide bonds. The molecule has 0 saturated heterocycles. The molecule has 0 bridgehead atoms. The van der Waals surface area contributed by atoms with Gasteiger partial charge in [-0.25, -0.2) is 0 Å². The molecule has 5 N–H and O–H groups in total. The molecule has 1 fully saturated rings. The number of hydrogen-bond donors (Lipinski definition) is 3. The Labute approximate surface area is 104 Å². The molecule has 0 spiro atoms. The van der Waals surface area contributed by atoms with Crippen molar-refractivity contribution >= 4 is 11.7 Å². The first-order valence-corrected chi connectivity index (χ1v) is 5.75. The summed E-state index contributed by atoms with van der Waals surface area (Å²) in [6.45, 7) is 0. The molecule has 0 aromatic carbocycles. The quantitative estimate of drug-likeness (QED) is 0.667. The van der Waals surface area contributed by atoms with E-state index in [4.69, 9.17) is 16.7 Å². The number of hydrogen-bond acceptors (Lipinski definition) is 5. The van der Waals surface area contributed by atoms with Gasteiger partial charge in [0.25, 0.3) is 5.91 Å². The number of rotatable bonds is 2. The van der Waals surface area contributed by atoms with Gasteiger partial charge in [-0.15, -0.1) is 0 Å². The van der Waals surface area contributed by atoms with Crippen molar-refractivity contribution in [3.05, 3.63) is 11.8 Å². The Kier molecular flexibility index (Phi) is 3.21. The van der Waals surface area contributed by atoms with Gasteiger partial charge in [-0.05, 0) is 19.3 Å². The summed E-state index contributed by atoms with van der Waals surface area (Å²) in [7, 11) is 0. The number of primary amides is 1. The van der Waals surface area contributed by atoms with E-state index in [1.54, 1.807) is 0 Å². The predicted molar refractivity (Wildman–Crippen MR) is 63.2 cm³/mol. The molecule has 3 atom stereocenters. The number of aliphatic hydroxyl groups is 1. The van der Waals surface area contributed by atoms with Gasteiger partial charge in [0.15, 0.2) is 5.82 Å². The van der Waals surface area contributed by atoms with Gasteiger partial charge in [-0.2, -0.15) is 10.4 Å². The van der Waals surface area contributed by atoms with Crippen LogP contribution in [-0.2, 0) is 0 Å². The van der Waals surface area contributed by atoms with Gasteiger partial charge in [-0.1, -0.05) is 0 Å². The Hall–Kier alpha value is -2.07. The Morgan fingerprint density at radius 3 is 2.89 bits per heavy atom. The third-order valence-electron chi connectivity index (χ3n) is 3.32. The molecular weight excluding hydrogens is 234 g/mol. The van der Waals surface area contributed by atoms with E-state index >= 15 is 0 Å². The van der Waals surface area contributed by atoms with Gasteiger partial charge in [0.1, 0.15) is 5.56 Å². The number of aromatic nitrogens is 2. The first kappa shape index (κ1) is 12.4. The summed E-state index contributed by atoms with van der Waals surface area (Å²) in [6, 6.07) is 1.99. The molecule has 1 aromatic heterocycles. The lowest BCUT2D eigenvalue weighted by Crippen LogP contribution is -2.29. The molecule has 2 unspecified atom stereocenters. The van der Waals surface area contributed by atoms with Crippen molar-refractivity contribution in [2.45, 2.75) is 31.4 Å². The number of nitriles is 1. The minimum absolute atomic E-state index is 0.0744. The first-order valence-electron chi connectivity index (χ1n) is 5.75. The molecule has 7 nitrogen and oxygen atoms in total. The highest BCUT2D eigenvalue weighted by Crippen LogP contribution is 2.34. The van der Waals surface area contributed by atoms with Gasteiger partial charge in [0.2, 0.25) is 0 Å². The van der Waals surface area contributed by atoms with Crippen molar-refractivity contribution in [3.63, 3.8) is 0 Å². The molecule has 1 heterocycles. The molecule has 96 valence electrons. The van der Waals surface area contributed by atoms with Gasteiger partial charge in [-0.3, -0.25) is 9.48 Å². The lowest BCUT2D eigenvalue weighted by atomic mass is 9.84. The maximum atomic E-state index is 11.1. The lowest BCUT2D eigenvalue weighted by Gasteiger charge is -2.29. The summed E-state index contributed by atoms with van der Waals surface area (Å²) >= 11 is 0. The average molecular weight is 249 g/mol. The van der Waals surface area contributed by atoms with Gasteiger partial charge in [0.05, 0.1) is 24.1 Å². The fourth-order valence-electron chi connectivity index (χ4n) is 2.35. The van der Waals surface area contributed by atoms with E-state index in [0.29, 0.717) is 19.3 Å². The number of anilines is 1. The van der Waals surface area contributed by atoms with Crippen LogP contribution in [0.4, 0.5) is 5.82 Å². The second-order valence-corrected chi connectivity index (χ2v) is 4.54. The second-order valence-electron chi connectivity index (χ2n) is 4.54. The van der Waals surface area contributed by atoms with E-state index in [1.807, 2.05) is 0 Å². The highest BCUT2D eigenvalue weighted by Gasteiger charge is 2.32. The second kappa shape index (κ2) is 4.66. The average Bonchev–Trinajstić information content (AvgIpc) is 2.71. The standard InChI is InChI=1S/C11H15N5O2/c12-4-6-3-7(17)1-2-9(6)16-5-8(11(14)18)10(13)15-16/h5-7,9,17H,1-3H2,(H2,13,15)(H2,14,18)/t6?,7?,9-/m0/s1. The summed E-state index contributed by atoms with van der Waals surface area (Å²) in [5.74, 6) is -0.901. The lowest BCUT2D eigenvalue weighted by molar-refractivity contribution is 0.0861. The van der Waals surface area contributed by atoms with Crippen molar-refractivity contribution in [2.75, 3.05) is 5.73 Å². The van der Waals surface area contributed by atoms with Crippen LogP contribution in [0.1, 0.15) is 35.7 Å². The zero-order valence-electron chi connectivity index (χ0n) is 9.78. The molecule has 0 radical (unpaired) electrons. The van der Waals surface area contributed by atoms with Crippen molar-refractivity contribution in [1.29, 1.82) is 5.26 Å². The summed E-state index contributed by atoms with van der Waals surface area (Å²) in [6.07, 6.45) is 2.67. The number of aliphatic hydroxyl groups excluding tert-OH is 1. The number of amides is 1. The van der Waals surface area contributed by atoms with Crippen LogP contribution >= 0.6 is 0 Å².